The first-order chi connectivity index (χ1) is 26.9. The Bertz CT molecular complexity index is 2500. The van der Waals surface area contributed by atoms with E-state index in [0.29, 0.717) is 10.9 Å². The van der Waals surface area contributed by atoms with E-state index in [1.54, 1.807) is 11.3 Å². The van der Waals surface area contributed by atoms with Crippen LogP contribution in [0.5, 0.6) is 0 Å². The van der Waals surface area contributed by atoms with E-state index >= 15 is 0 Å². The van der Waals surface area contributed by atoms with Crippen LogP contribution in [0.1, 0.15) is 104 Å². The van der Waals surface area contributed by atoms with Crippen LogP contribution in [-0.4, -0.2) is 0 Å². The molecule has 0 amide bonds. The summed E-state index contributed by atoms with van der Waals surface area (Å²) in [6.07, 6.45) is 0. The number of rotatable bonds is 8. The Morgan fingerprint density at radius 3 is 1.68 bits per heavy atom. The van der Waals surface area contributed by atoms with Gasteiger partial charge < -0.3 is 10.2 Å². The second-order valence-electron chi connectivity index (χ2n) is 18.8. The Hall–Kier alpha value is -4.83. The summed E-state index contributed by atoms with van der Waals surface area (Å²) in [7, 11) is 0. The number of hydrogen-bond acceptors (Lipinski definition) is 3. The molecule has 0 aliphatic heterocycles. The van der Waals surface area contributed by atoms with Gasteiger partial charge in [-0.05, 0) is 115 Å². The van der Waals surface area contributed by atoms with Crippen molar-refractivity contribution >= 4 is 61.5 Å². The zero-order valence-electron chi connectivity index (χ0n) is 35.5. The summed E-state index contributed by atoms with van der Waals surface area (Å²) in [5, 5.41) is 7.91. The number of anilines is 5. The second-order valence-corrected chi connectivity index (χ2v) is 20.1. The molecule has 0 fully saturated rings. The molecule has 292 valence electrons. The van der Waals surface area contributed by atoms with E-state index in [0.717, 1.165) is 28.4 Å². The first-order valence-corrected chi connectivity index (χ1v) is 21.5. The zero-order chi connectivity index (χ0) is 40.9. The van der Waals surface area contributed by atoms with E-state index in [1.165, 1.54) is 54.6 Å². The lowest BCUT2D eigenvalue weighted by Gasteiger charge is -2.28. The maximum Gasteiger partial charge on any atom is 0.0881 e. The van der Waals surface area contributed by atoms with Crippen LogP contribution in [0.4, 0.5) is 28.4 Å². The Labute approximate surface area is 350 Å². The minimum atomic E-state index is 0.0253. The number of thiophene rings is 1. The van der Waals surface area contributed by atoms with Crippen molar-refractivity contribution in [2.24, 2.45) is 0 Å². The van der Waals surface area contributed by atoms with Crippen molar-refractivity contribution < 1.29 is 0 Å². The van der Waals surface area contributed by atoms with Crippen molar-refractivity contribution in [3.8, 4) is 22.3 Å². The molecule has 1 heterocycles. The maximum absolute atomic E-state index is 7.55. The predicted molar refractivity (Wildman–Crippen MR) is 252 cm³/mol. The van der Waals surface area contributed by atoms with Crippen molar-refractivity contribution in [2.75, 3.05) is 10.2 Å². The molecule has 0 aliphatic rings. The molecular weight excluding hydrogens is 732 g/mol. The van der Waals surface area contributed by atoms with Crippen LogP contribution in [-0.2, 0) is 16.2 Å². The van der Waals surface area contributed by atoms with Crippen LogP contribution in [0.3, 0.4) is 0 Å². The summed E-state index contributed by atoms with van der Waals surface area (Å²) in [5.41, 5.74) is 15.1. The SMILES string of the molecule is CC(C)c1ccc(N(c2cccc(Nc3ccc(-c4ccc(C(C)(C)C)cc4)c(-c4ccc(C(C)(C)C)cc4)c3)c2Cl)c2csc3ccc(C(C)(C)C)cc23)cc1. The van der Waals surface area contributed by atoms with E-state index in [4.69, 9.17) is 11.6 Å². The molecule has 6 aromatic carbocycles. The van der Waals surface area contributed by atoms with Gasteiger partial charge in [0.2, 0.25) is 0 Å². The van der Waals surface area contributed by atoms with E-state index in [9.17, 15) is 0 Å². The van der Waals surface area contributed by atoms with Crippen molar-refractivity contribution in [2.45, 2.75) is 98.3 Å². The van der Waals surface area contributed by atoms with E-state index in [2.05, 4.69) is 219 Å². The lowest BCUT2D eigenvalue weighted by atomic mass is 9.84. The van der Waals surface area contributed by atoms with E-state index in [-0.39, 0.29) is 16.2 Å². The highest BCUT2D eigenvalue weighted by Gasteiger charge is 2.23. The summed E-state index contributed by atoms with van der Waals surface area (Å²) in [6, 6.07) is 46.9. The third-order valence-corrected chi connectivity index (χ3v) is 12.5. The van der Waals surface area contributed by atoms with Gasteiger partial charge in [0, 0.05) is 26.8 Å². The summed E-state index contributed by atoms with van der Waals surface area (Å²) < 4.78 is 1.25. The highest BCUT2D eigenvalue weighted by Crippen LogP contribution is 2.48. The molecular formula is C53H57ClN2S. The second kappa shape index (κ2) is 15.5. The Morgan fingerprint density at radius 2 is 1.12 bits per heavy atom. The van der Waals surface area contributed by atoms with Crippen molar-refractivity contribution in [3.63, 3.8) is 0 Å². The molecule has 0 unspecified atom stereocenters. The lowest BCUT2D eigenvalue weighted by Crippen LogP contribution is -2.12. The van der Waals surface area contributed by atoms with Gasteiger partial charge in [0.15, 0.2) is 0 Å². The molecule has 0 saturated heterocycles. The zero-order valence-corrected chi connectivity index (χ0v) is 37.1. The van der Waals surface area contributed by atoms with Gasteiger partial charge in [0.25, 0.3) is 0 Å². The van der Waals surface area contributed by atoms with Crippen LogP contribution in [0.25, 0.3) is 32.3 Å². The Morgan fingerprint density at radius 1 is 0.561 bits per heavy atom. The molecule has 0 saturated carbocycles. The van der Waals surface area contributed by atoms with Crippen LogP contribution in [0.15, 0.2) is 133 Å². The number of nitrogens with one attached hydrogen (secondary N) is 1. The third kappa shape index (κ3) is 8.57. The number of hydrogen-bond donors (Lipinski definition) is 1. The van der Waals surface area contributed by atoms with Gasteiger partial charge in [-0.1, -0.05) is 167 Å². The predicted octanol–water partition coefficient (Wildman–Crippen LogP) is 17.1. The van der Waals surface area contributed by atoms with Crippen molar-refractivity contribution in [1.82, 2.24) is 0 Å². The van der Waals surface area contributed by atoms with Crippen LogP contribution in [0, 0.1) is 0 Å². The number of benzene rings is 6. The topological polar surface area (TPSA) is 15.3 Å². The molecule has 0 bridgehead atoms. The maximum atomic E-state index is 7.55. The molecule has 57 heavy (non-hydrogen) atoms. The first-order valence-electron chi connectivity index (χ1n) is 20.2. The molecule has 1 aromatic heterocycles. The average molecular weight is 790 g/mol. The van der Waals surface area contributed by atoms with Crippen LogP contribution >= 0.6 is 22.9 Å². The smallest absolute Gasteiger partial charge is 0.0881 e. The van der Waals surface area contributed by atoms with Crippen molar-refractivity contribution in [3.05, 3.63) is 160 Å². The molecule has 0 radical (unpaired) electrons. The number of halogens is 1. The monoisotopic (exact) mass is 788 g/mol. The van der Waals surface area contributed by atoms with Gasteiger partial charge in [0.05, 0.1) is 22.1 Å². The van der Waals surface area contributed by atoms with Gasteiger partial charge in [-0.25, -0.2) is 0 Å². The van der Waals surface area contributed by atoms with Crippen LogP contribution < -0.4 is 10.2 Å². The molecule has 4 heteroatoms. The Kier molecular flexibility index (Phi) is 11.0. The largest absolute Gasteiger partial charge is 0.354 e. The average Bonchev–Trinajstić information content (AvgIpc) is 3.58. The van der Waals surface area contributed by atoms with Gasteiger partial charge in [-0.15, -0.1) is 11.3 Å². The summed E-state index contributed by atoms with van der Waals surface area (Å²) in [5.74, 6) is 0.440. The molecule has 0 spiro atoms. The quantitative estimate of drug-likeness (QED) is 0.165. The standard InChI is InChI=1S/C53H57ClN2S/c1-34(2)35-19-27-42(28-20-35)56(48-33-57-49-30-25-40(31-45(48)49)53(9,10)11)47-14-12-13-46(50(47)54)55-41-26-29-43(36-15-21-38(22-16-36)51(3,4)5)44(32-41)37-17-23-39(24-18-37)52(6,7)8/h12-34,55H,1-11H3. The van der Waals surface area contributed by atoms with Crippen LogP contribution in [0.2, 0.25) is 5.02 Å². The molecule has 2 nitrogen and oxygen atoms in total. The lowest BCUT2D eigenvalue weighted by molar-refractivity contribution is 0.590. The first kappa shape index (κ1) is 40.4. The van der Waals surface area contributed by atoms with E-state index < -0.39 is 0 Å². The van der Waals surface area contributed by atoms with Gasteiger partial charge >= 0.3 is 0 Å². The molecule has 7 rings (SSSR count). The molecule has 7 aromatic rings. The molecule has 1 N–H and O–H groups in total. The minimum Gasteiger partial charge on any atom is -0.354 e. The van der Waals surface area contributed by atoms with Gasteiger partial charge in [0.1, 0.15) is 0 Å². The van der Waals surface area contributed by atoms with Crippen molar-refractivity contribution in [1.29, 1.82) is 0 Å². The molecule has 0 atom stereocenters. The minimum absolute atomic E-state index is 0.0253. The Balaban J connectivity index is 1.33. The highest BCUT2D eigenvalue weighted by atomic mass is 35.5. The number of fused-ring (bicyclic) bond motifs is 1. The van der Waals surface area contributed by atoms with E-state index in [1.807, 2.05) is 0 Å². The highest BCUT2D eigenvalue weighted by molar-refractivity contribution is 7.17. The fourth-order valence-electron chi connectivity index (χ4n) is 7.43. The summed E-state index contributed by atoms with van der Waals surface area (Å²) in [6.45, 7) is 24.9. The fourth-order valence-corrected chi connectivity index (χ4v) is 8.59. The molecule has 0 aliphatic carbocycles. The fraction of sp³-hybridized carbons (Fsp3) is 0.283. The number of nitrogens with zero attached hydrogens (tertiary/aromatic N) is 1. The van der Waals surface area contributed by atoms with Gasteiger partial charge in [-0.3, -0.25) is 0 Å². The summed E-state index contributed by atoms with van der Waals surface area (Å²) >= 11 is 9.33. The van der Waals surface area contributed by atoms with Gasteiger partial charge in [-0.2, -0.15) is 0 Å². The third-order valence-electron chi connectivity index (χ3n) is 11.1. The normalized spacial score (nSPS) is 12.4. The summed E-state index contributed by atoms with van der Waals surface area (Å²) in [4.78, 5) is 2.33.